The number of carbonyl (C=O) groups is 8. The van der Waals surface area contributed by atoms with Crippen LogP contribution in [0.1, 0.15) is 75.5 Å². The number of hydrogen-bond acceptors (Lipinski definition) is 18. The molecular formula is C53H71N5O15S2. The summed E-state index contributed by atoms with van der Waals surface area (Å²) in [5.41, 5.74) is 0.685. The van der Waals surface area contributed by atoms with Crippen LogP contribution >= 0.6 is 22.7 Å². The summed E-state index contributed by atoms with van der Waals surface area (Å²) in [6.45, 7) is 9.74. The fourth-order valence-electron chi connectivity index (χ4n) is 7.57. The highest BCUT2D eigenvalue weighted by Gasteiger charge is 2.50. The van der Waals surface area contributed by atoms with Crippen molar-refractivity contribution in [2.45, 2.75) is 89.6 Å². The van der Waals surface area contributed by atoms with Gasteiger partial charge in [0.25, 0.3) is 11.8 Å². The van der Waals surface area contributed by atoms with Crippen LogP contribution in [0.5, 0.6) is 0 Å². The lowest BCUT2D eigenvalue weighted by atomic mass is 9.90. The molecule has 0 saturated carbocycles. The Morgan fingerprint density at radius 1 is 0.613 bits per heavy atom. The Labute approximate surface area is 446 Å². The minimum absolute atomic E-state index is 0. The summed E-state index contributed by atoms with van der Waals surface area (Å²) in [5, 5.41) is 18.6. The van der Waals surface area contributed by atoms with Crippen molar-refractivity contribution in [1.29, 1.82) is 0 Å². The second kappa shape index (κ2) is 29.9. The van der Waals surface area contributed by atoms with Crippen LogP contribution in [0.3, 0.4) is 0 Å². The topological polar surface area (TPSA) is 281 Å². The highest BCUT2D eigenvalue weighted by molar-refractivity contribution is 7.13. The summed E-state index contributed by atoms with van der Waals surface area (Å²) < 4.78 is 30.6. The number of thiazole rings is 2. The largest absolute Gasteiger partial charge is 0.481 e. The molecule has 4 heterocycles. The van der Waals surface area contributed by atoms with Crippen molar-refractivity contribution in [3.63, 3.8) is 0 Å². The molecule has 0 aliphatic carbocycles. The van der Waals surface area contributed by atoms with E-state index in [4.69, 9.17) is 33.5 Å². The number of methoxy groups -OCH3 is 4. The monoisotopic (exact) mass is 1080 g/mol. The lowest BCUT2D eigenvalue weighted by molar-refractivity contribution is -0.146. The number of aromatic nitrogens is 2. The molecule has 2 fully saturated rings. The van der Waals surface area contributed by atoms with Gasteiger partial charge in [-0.05, 0) is 51.7 Å². The predicted molar refractivity (Wildman–Crippen MR) is 280 cm³/mol. The third-order valence-electron chi connectivity index (χ3n) is 12.0. The quantitative estimate of drug-likeness (QED) is 0.0546. The van der Waals surface area contributed by atoms with Gasteiger partial charge < -0.3 is 49.5 Å². The van der Waals surface area contributed by atoms with Gasteiger partial charge in [-0.2, -0.15) is 0 Å². The molecule has 2 aromatic carbocycles. The second-order valence-corrected chi connectivity index (χ2v) is 21.0. The van der Waals surface area contributed by atoms with E-state index in [9.17, 15) is 38.4 Å². The maximum atomic E-state index is 13.3. The van der Waals surface area contributed by atoms with Gasteiger partial charge >= 0.3 is 5.97 Å². The number of amides is 3. The Balaban J connectivity index is 0.000000331. The zero-order valence-corrected chi connectivity index (χ0v) is 45.5. The molecule has 3 amide bonds. The number of nitrogens with one attached hydrogen (secondary N) is 3. The number of aliphatic carboxylic acids is 1. The summed E-state index contributed by atoms with van der Waals surface area (Å²) in [4.78, 5) is 108. The molecule has 0 unspecified atom stereocenters. The van der Waals surface area contributed by atoms with Crippen molar-refractivity contribution in [1.82, 2.24) is 25.9 Å². The number of rotatable bonds is 29. The fourth-order valence-corrected chi connectivity index (χ4v) is 8.93. The van der Waals surface area contributed by atoms with E-state index in [1.165, 1.54) is 69.1 Å². The molecule has 2 saturated heterocycles. The number of carboxylic acid groups (broad SMARTS) is 1. The molecule has 0 radical (unpaired) electrons. The molecule has 2 aliphatic heterocycles. The molecule has 6 rings (SSSR count). The van der Waals surface area contributed by atoms with Crippen LogP contribution in [0.15, 0.2) is 73.1 Å². The van der Waals surface area contributed by atoms with Crippen molar-refractivity contribution in [3.05, 3.63) is 104 Å². The minimum atomic E-state index is -1.12. The zero-order chi connectivity index (χ0) is 55.3. The number of ketones is 4. The molecule has 75 heavy (non-hydrogen) atoms. The number of ether oxygens (including phenoxy) is 6. The summed E-state index contributed by atoms with van der Waals surface area (Å²) >= 11 is 2.42. The number of carboxylic acids is 1. The standard InChI is InChI=1S/C26H33N3O7S.C14H20N2O6S.C13H16O2.H2/c1-16-27-12-22(37-16)25(33)29-20(14-35-4)21(30)11-18(13-34-3)24(32)28-19(23(31)26(2)15-36-26)10-17-8-6-5-7-9-17;1-8-15-5-12(23-8)13(18)16-10(7-22-3)11(17)4-9(6-21-2)14(19)20;1-10(12(14)13(2)9-15-13)8-11-6-4-3-5-7-11;/h5-9,12,18-20H,10-11,13-15H2,1-4H3,(H,28,32)(H,29,33);5,9-10H,4,6-7H2,1-3H3,(H,16,18)(H,19,20);3-7,10H,8-9H2,1-2H3;1H/t18-,19-,20-,26+;9-,10-;10-,13+;/m000./s1. The normalized spacial score (nSPS) is 18.6. The van der Waals surface area contributed by atoms with Gasteiger partial charge in [0.05, 0.1) is 79.9 Å². The van der Waals surface area contributed by atoms with E-state index in [1.807, 2.05) is 62.4 Å². The summed E-state index contributed by atoms with van der Waals surface area (Å²) in [6, 6.07) is 16.7. The maximum Gasteiger partial charge on any atom is 0.309 e. The number of epoxide rings is 2. The first-order chi connectivity index (χ1) is 35.7. The van der Waals surface area contributed by atoms with Crippen LogP contribution in [0.2, 0.25) is 0 Å². The molecule has 4 N–H and O–H groups in total. The molecule has 22 heteroatoms. The highest BCUT2D eigenvalue weighted by Crippen LogP contribution is 2.31. The van der Waals surface area contributed by atoms with Gasteiger partial charge in [-0.3, -0.25) is 38.4 Å². The Hall–Kier alpha value is -5.98. The van der Waals surface area contributed by atoms with Crippen LogP contribution < -0.4 is 16.0 Å². The average molecular weight is 1080 g/mol. The van der Waals surface area contributed by atoms with Crippen LogP contribution in [-0.2, 0) is 70.0 Å². The third kappa shape index (κ3) is 19.9. The first kappa shape index (κ1) is 61.6. The van der Waals surface area contributed by atoms with Crippen molar-refractivity contribution in [2.24, 2.45) is 17.8 Å². The second-order valence-electron chi connectivity index (χ2n) is 18.5. The van der Waals surface area contributed by atoms with Crippen LogP contribution in [0, 0.1) is 31.6 Å². The first-order valence-electron chi connectivity index (χ1n) is 24.1. The number of benzene rings is 2. The molecule has 410 valence electrons. The van der Waals surface area contributed by atoms with Crippen LogP contribution in [-0.4, -0.2) is 159 Å². The fraction of sp³-hybridized carbons (Fsp3) is 0.509. The number of Topliss-reactive ketones (excluding diaryl/α,β-unsaturated/α-hetero) is 4. The molecule has 0 spiro atoms. The number of carbonyl (C=O) groups excluding carboxylic acids is 7. The van der Waals surface area contributed by atoms with Gasteiger partial charge in [0.2, 0.25) is 5.91 Å². The Bertz CT molecular complexity index is 2540. The molecule has 0 bridgehead atoms. The number of hydrogen-bond donors (Lipinski definition) is 4. The highest BCUT2D eigenvalue weighted by atomic mass is 32.1. The van der Waals surface area contributed by atoms with Crippen molar-refractivity contribution in [2.75, 3.05) is 68.1 Å². The first-order valence-corrected chi connectivity index (χ1v) is 25.8. The minimum Gasteiger partial charge on any atom is -0.481 e. The summed E-state index contributed by atoms with van der Waals surface area (Å²) in [5.74, 6) is -5.11. The van der Waals surface area contributed by atoms with Crippen molar-refractivity contribution < 1.29 is 73.3 Å². The molecule has 2 aromatic heterocycles. The zero-order valence-electron chi connectivity index (χ0n) is 43.8. The molecule has 20 nitrogen and oxygen atoms in total. The molecular weight excluding hydrogens is 1010 g/mol. The predicted octanol–water partition coefficient (Wildman–Crippen LogP) is 4.48. The van der Waals surface area contributed by atoms with E-state index in [0.29, 0.717) is 23.0 Å². The average Bonchev–Trinajstić information content (AvgIpc) is 4.22. The van der Waals surface area contributed by atoms with E-state index >= 15 is 0 Å². The molecule has 8 atom stereocenters. The SMILES string of the molecule is COC[C@H](CC(=O)[C@H](COC)NC(=O)c1cnc(C)s1)C(=O)N[C@@H](Cc1ccccc1)C(=O)[C@@]1(C)CO1.COC[C@H](CC(=O)[C@H](COC)NC(=O)c1cnc(C)s1)C(=O)O.C[C@@H](Cc1ccccc1)C(=O)[C@@]1(C)CO1.[HH]. The van der Waals surface area contributed by atoms with E-state index in [0.717, 1.165) is 22.0 Å². The number of aryl methyl sites for hydroxylation is 2. The Morgan fingerprint density at radius 3 is 1.40 bits per heavy atom. The molecule has 4 aromatic rings. The van der Waals surface area contributed by atoms with Gasteiger partial charge in [-0.15, -0.1) is 22.7 Å². The van der Waals surface area contributed by atoms with Gasteiger partial charge in [-0.25, -0.2) is 9.97 Å². The lowest BCUT2D eigenvalue weighted by Gasteiger charge is -2.24. The Kier molecular flexibility index (Phi) is 24.6. The van der Waals surface area contributed by atoms with Gasteiger partial charge in [0, 0.05) is 48.6 Å². The van der Waals surface area contributed by atoms with E-state index in [1.54, 1.807) is 20.8 Å². The molecule has 2 aliphatic rings. The van der Waals surface area contributed by atoms with Crippen molar-refractivity contribution in [3.8, 4) is 0 Å². The van der Waals surface area contributed by atoms with E-state index in [2.05, 4.69) is 38.1 Å². The van der Waals surface area contributed by atoms with Crippen LogP contribution in [0.25, 0.3) is 0 Å². The van der Waals surface area contributed by atoms with Gasteiger partial charge in [-0.1, -0.05) is 67.6 Å². The smallest absolute Gasteiger partial charge is 0.309 e. The van der Waals surface area contributed by atoms with E-state index < -0.39 is 76.4 Å². The third-order valence-corrected chi connectivity index (χ3v) is 13.9. The summed E-state index contributed by atoms with van der Waals surface area (Å²) in [6.07, 6.45) is 3.50. The van der Waals surface area contributed by atoms with Gasteiger partial charge in [0.15, 0.2) is 23.1 Å². The van der Waals surface area contributed by atoms with Gasteiger partial charge in [0.1, 0.15) is 33.0 Å². The van der Waals surface area contributed by atoms with E-state index in [-0.39, 0.29) is 64.6 Å². The van der Waals surface area contributed by atoms with Crippen LogP contribution in [0.4, 0.5) is 0 Å². The Morgan fingerprint density at radius 2 is 1.01 bits per heavy atom. The maximum absolute atomic E-state index is 13.3. The number of nitrogens with zero attached hydrogens (tertiary/aromatic N) is 2. The summed E-state index contributed by atoms with van der Waals surface area (Å²) in [7, 11) is 5.61. The lowest BCUT2D eigenvalue weighted by Crippen LogP contribution is -2.51. The van der Waals surface area contributed by atoms with Crippen molar-refractivity contribution >= 4 is 69.5 Å².